The number of esters is 1. The third-order valence-electron chi connectivity index (χ3n) is 10.5. The molecule has 0 heterocycles. The Balaban J connectivity index is 0.000000253. The number of hydrogen-bond acceptors (Lipinski definition) is 7. The Kier molecular flexibility index (Phi) is 10.6. The molecule has 0 aromatic heterocycles. The van der Waals surface area contributed by atoms with E-state index in [0.717, 1.165) is 44.5 Å². The number of aryl methyl sites for hydroxylation is 4. The molecular weight excluding hydrogens is 632 g/mol. The molecule has 0 saturated heterocycles. The maximum absolute atomic E-state index is 12.8. The lowest BCUT2D eigenvalue weighted by Gasteiger charge is -2.32. The van der Waals surface area contributed by atoms with Gasteiger partial charge in [0, 0.05) is 5.41 Å². The molecule has 0 amide bonds. The molecule has 5 N–H and O–H groups in total. The number of phenolic OH excluding ortho intramolecular Hbond substituents is 4. The van der Waals surface area contributed by atoms with Gasteiger partial charge in [0.1, 0.15) is 23.0 Å². The molecule has 50 heavy (non-hydrogen) atoms. The van der Waals surface area contributed by atoms with E-state index in [4.69, 9.17) is 4.74 Å². The van der Waals surface area contributed by atoms with Crippen LogP contribution in [0.25, 0.3) is 11.1 Å². The van der Waals surface area contributed by atoms with Crippen LogP contribution in [0.2, 0.25) is 0 Å². The lowest BCUT2D eigenvalue weighted by atomic mass is 9.72. The number of fused-ring (bicyclic) bond motifs is 2. The molecule has 6 rings (SSSR count). The zero-order valence-corrected chi connectivity index (χ0v) is 29.2. The van der Waals surface area contributed by atoms with Crippen molar-refractivity contribution in [3.8, 4) is 34.1 Å². The molecule has 2 aliphatic carbocycles. The number of hydrogen-bond donors (Lipinski definition) is 5. The van der Waals surface area contributed by atoms with Crippen molar-refractivity contribution in [2.75, 3.05) is 6.61 Å². The van der Waals surface area contributed by atoms with Crippen LogP contribution in [0.3, 0.4) is 0 Å². The average molecular weight is 679 g/mol. The van der Waals surface area contributed by atoms with Gasteiger partial charge in [0.15, 0.2) is 0 Å². The van der Waals surface area contributed by atoms with Crippen molar-refractivity contribution in [1.82, 2.24) is 0 Å². The summed E-state index contributed by atoms with van der Waals surface area (Å²) in [5.41, 5.74) is 6.92. The molecule has 2 aliphatic rings. The number of aliphatic carboxylic acids is 1. The Morgan fingerprint density at radius 1 is 0.660 bits per heavy atom. The third kappa shape index (κ3) is 7.49. The second-order valence-corrected chi connectivity index (χ2v) is 13.9. The van der Waals surface area contributed by atoms with Gasteiger partial charge in [-0.05, 0) is 140 Å². The summed E-state index contributed by atoms with van der Waals surface area (Å²) in [5, 5.41) is 48.5. The van der Waals surface area contributed by atoms with E-state index in [0.29, 0.717) is 30.8 Å². The van der Waals surface area contributed by atoms with Crippen molar-refractivity contribution >= 4 is 11.9 Å². The van der Waals surface area contributed by atoms with E-state index in [9.17, 15) is 35.1 Å². The van der Waals surface area contributed by atoms with Gasteiger partial charge < -0.3 is 30.3 Å². The molecule has 4 atom stereocenters. The lowest BCUT2D eigenvalue weighted by Crippen LogP contribution is -2.34. The molecule has 4 aromatic carbocycles. The Bertz CT molecular complexity index is 1820. The standard InChI is InChI=1S/C28H32O6.C14H14O2/c1-16-13-20(7-9-22(16)29)28(3,21-8-10-23(30)17(2)14-21)11-4-12-34-27(33)25-19-6-5-18(15-19)24(25)26(31)32;1-9-7-11(3-5-13(9)15)12-4-6-14(16)10(2)8-12/h5-10,13-14,18-19,24-25,29-30H,4,11-12,15H2,1-3H3,(H,31,32);3-8,15-16H,1-2H3. The van der Waals surface area contributed by atoms with Crippen molar-refractivity contribution < 1.29 is 39.9 Å². The first-order valence-corrected chi connectivity index (χ1v) is 17.0. The average Bonchev–Trinajstić information content (AvgIpc) is 3.71. The number of carboxylic acids is 1. The third-order valence-corrected chi connectivity index (χ3v) is 10.5. The van der Waals surface area contributed by atoms with E-state index in [2.05, 4.69) is 6.92 Å². The lowest BCUT2D eigenvalue weighted by molar-refractivity contribution is -0.158. The molecule has 1 saturated carbocycles. The SMILES string of the molecule is Cc1cc(-c2ccc(O)c(C)c2)ccc1O.Cc1cc(C(C)(CCCOC(=O)C2C3C=CC(C3)C2C(=O)O)c2ccc(O)c(C)c2)ccc1O. The molecule has 8 nitrogen and oxygen atoms in total. The minimum atomic E-state index is -0.934. The number of aromatic hydroxyl groups is 4. The number of rotatable bonds is 9. The molecule has 0 spiro atoms. The van der Waals surface area contributed by atoms with Crippen molar-refractivity contribution in [1.29, 1.82) is 0 Å². The summed E-state index contributed by atoms with van der Waals surface area (Å²) in [7, 11) is 0. The summed E-state index contributed by atoms with van der Waals surface area (Å²) < 4.78 is 5.60. The topological polar surface area (TPSA) is 145 Å². The molecule has 8 heteroatoms. The Morgan fingerprint density at radius 2 is 1.08 bits per heavy atom. The predicted molar refractivity (Wildman–Crippen MR) is 192 cm³/mol. The van der Waals surface area contributed by atoms with Crippen LogP contribution in [0.5, 0.6) is 23.0 Å². The van der Waals surface area contributed by atoms with Gasteiger partial charge >= 0.3 is 11.9 Å². The second-order valence-electron chi connectivity index (χ2n) is 13.9. The summed E-state index contributed by atoms with van der Waals surface area (Å²) in [6.45, 7) is 9.75. The Labute approximate surface area is 293 Å². The molecule has 0 aliphatic heterocycles. The summed E-state index contributed by atoms with van der Waals surface area (Å²) >= 11 is 0. The van der Waals surface area contributed by atoms with Crippen LogP contribution in [-0.4, -0.2) is 44.1 Å². The van der Waals surface area contributed by atoms with Gasteiger partial charge in [0.25, 0.3) is 0 Å². The van der Waals surface area contributed by atoms with E-state index < -0.39 is 29.2 Å². The fraction of sp³-hybridized carbons (Fsp3) is 0.333. The summed E-state index contributed by atoms with van der Waals surface area (Å²) in [6.07, 6.45) is 5.81. The highest BCUT2D eigenvalue weighted by Crippen LogP contribution is 2.48. The first kappa shape index (κ1) is 36.1. The highest BCUT2D eigenvalue weighted by atomic mass is 16.5. The van der Waals surface area contributed by atoms with Gasteiger partial charge in [0.2, 0.25) is 0 Å². The van der Waals surface area contributed by atoms with Gasteiger partial charge in [-0.2, -0.15) is 0 Å². The molecule has 1 fully saturated rings. The molecule has 4 unspecified atom stereocenters. The molecule has 0 radical (unpaired) electrons. The van der Waals surface area contributed by atoms with Crippen LogP contribution in [0, 0.1) is 51.4 Å². The van der Waals surface area contributed by atoms with Crippen molar-refractivity contribution in [2.45, 2.75) is 59.3 Å². The zero-order chi connectivity index (χ0) is 36.3. The number of carbonyl (C=O) groups excluding carboxylic acids is 1. The van der Waals surface area contributed by atoms with Gasteiger partial charge in [-0.15, -0.1) is 0 Å². The number of carbonyl (C=O) groups is 2. The summed E-state index contributed by atoms with van der Waals surface area (Å²) in [5.74, 6) is -1.74. The second kappa shape index (κ2) is 14.7. The normalized spacial score (nSPS) is 19.1. The highest BCUT2D eigenvalue weighted by Gasteiger charge is 2.52. The van der Waals surface area contributed by atoms with E-state index in [-0.39, 0.29) is 29.9 Å². The van der Waals surface area contributed by atoms with Crippen LogP contribution in [-0.2, 0) is 19.7 Å². The fourth-order valence-electron chi connectivity index (χ4n) is 7.30. The zero-order valence-electron chi connectivity index (χ0n) is 29.2. The summed E-state index contributed by atoms with van der Waals surface area (Å²) in [6, 6.07) is 22.1. The molecule has 262 valence electrons. The first-order chi connectivity index (χ1) is 23.7. The summed E-state index contributed by atoms with van der Waals surface area (Å²) in [4.78, 5) is 24.5. The van der Waals surface area contributed by atoms with Crippen LogP contribution < -0.4 is 0 Å². The highest BCUT2D eigenvalue weighted by molar-refractivity contribution is 5.83. The van der Waals surface area contributed by atoms with Crippen LogP contribution in [0.4, 0.5) is 0 Å². The Morgan fingerprint density at radius 3 is 1.50 bits per heavy atom. The molecule has 2 bridgehead atoms. The fourth-order valence-corrected chi connectivity index (χ4v) is 7.30. The number of phenols is 4. The van der Waals surface area contributed by atoms with Gasteiger partial charge in [-0.25, -0.2) is 0 Å². The minimum absolute atomic E-state index is 0.0520. The minimum Gasteiger partial charge on any atom is -0.508 e. The molecular formula is C42H46O8. The number of allylic oxidation sites excluding steroid dienone is 2. The van der Waals surface area contributed by atoms with E-state index in [1.165, 1.54) is 0 Å². The smallest absolute Gasteiger partial charge is 0.310 e. The maximum Gasteiger partial charge on any atom is 0.310 e. The van der Waals surface area contributed by atoms with Crippen LogP contribution >= 0.6 is 0 Å². The van der Waals surface area contributed by atoms with Crippen LogP contribution in [0.15, 0.2) is 84.9 Å². The number of benzene rings is 4. The van der Waals surface area contributed by atoms with Gasteiger partial charge in [-0.1, -0.05) is 55.5 Å². The van der Waals surface area contributed by atoms with Crippen molar-refractivity contribution in [3.05, 3.63) is 118 Å². The van der Waals surface area contributed by atoms with Crippen molar-refractivity contribution in [2.24, 2.45) is 23.7 Å². The van der Waals surface area contributed by atoms with Crippen LogP contribution in [0.1, 0.15) is 59.6 Å². The number of ether oxygens (including phenoxy) is 1. The quantitative estimate of drug-likeness (QED) is 0.0676. The Hall–Kier alpha value is -5.24. The molecule has 4 aromatic rings. The van der Waals surface area contributed by atoms with E-state index in [1.807, 2.05) is 88.4 Å². The predicted octanol–water partition coefficient (Wildman–Crippen LogP) is 8.25. The monoisotopic (exact) mass is 678 g/mol. The van der Waals surface area contributed by atoms with E-state index in [1.54, 1.807) is 24.3 Å². The van der Waals surface area contributed by atoms with Crippen molar-refractivity contribution in [3.63, 3.8) is 0 Å². The first-order valence-electron chi connectivity index (χ1n) is 17.0. The van der Waals surface area contributed by atoms with Gasteiger partial charge in [-0.3, -0.25) is 9.59 Å². The number of carboxylic acid groups (broad SMARTS) is 1. The van der Waals surface area contributed by atoms with E-state index >= 15 is 0 Å². The van der Waals surface area contributed by atoms with Gasteiger partial charge in [0.05, 0.1) is 18.4 Å². The maximum atomic E-state index is 12.8. The largest absolute Gasteiger partial charge is 0.508 e.